The largest absolute Gasteiger partial charge is 0.494 e. The Morgan fingerprint density at radius 2 is 1.81 bits per heavy atom. The molecule has 0 bridgehead atoms. The molecule has 0 aromatic heterocycles. The smallest absolute Gasteiger partial charge is 0.335 e. The summed E-state index contributed by atoms with van der Waals surface area (Å²) in [5.74, 6) is -0.228. The summed E-state index contributed by atoms with van der Waals surface area (Å²) in [5.41, 5.74) is 0.270. The highest BCUT2D eigenvalue weighted by molar-refractivity contribution is 5.87. The highest BCUT2D eigenvalue weighted by atomic mass is 16.5. The summed E-state index contributed by atoms with van der Waals surface area (Å²) in [6, 6.07) is 6.40. The SMILES string of the molecule is COCCCCOc1ccc(C(=O)O)cc1. The molecule has 0 aliphatic carbocycles. The van der Waals surface area contributed by atoms with E-state index in [0.717, 1.165) is 19.4 Å². The van der Waals surface area contributed by atoms with Crippen LogP contribution in [0, 0.1) is 0 Å². The Morgan fingerprint density at radius 3 is 2.38 bits per heavy atom. The monoisotopic (exact) mass is 224 g/mol. The Balaban J connectivity index is 2.29. The molecular formula is C12H16O4. The minimum absolute atomic E-state index is 0.270. The lowest BCUT2D eigenvalue weighted by Gasteiger charge is -2.05. The molecule has 1 rings (SSSR count). The Hall–Kier alpha value is -1.55. The van der Waals surface area contributed by atoms with Crippen molar-refractivity contribution in [1.82, 2.24) is 0 Å². The number of hydrogen-bond acceptors (Lipinski definition) is 3. The van der Waals surface area contributed by atoms with Crippen LogP contribution in [0.25, 0.3) is 0 Å². The van der Waals surface area contributed by atoms with E-state index in [-0.39, 0.29) is 5.56 Å². The van der Waals surface area contributed by atoms with Gasteiger partial charge in [-0.15, -0.1) is 0 Å². The predicted molar refractivity (Wildman–Crippen MR) is 60.0 cm³/mol. The van der Waals surface area contributed by atoms with Gasteiger partial charge in [0.1, 0.15) is 5.75 Å². The average Bonchev–Trinajstić information content (AvgIpc) is 2.29. The molecular weight excluding hydrogens is 208 g/mol. The lowest BCUT2D eigenvalue weighted by Crippen LogP contribution is -2.00. The molecule has 0 aliphatic heterocycles. The van der Waals surface area contributed by atoms with E-state index in [4.69, 9.17) is 14.6 Å². The number of methoxy groups -OCH3 is 1. The van der Waals surface area contributed by atoms with Crippen molar-refractivity contribution < 1.29 is 19.4 Å². The maximum atomic E-state index is 10.6. The summed E-state index contributed by atoms with van der Waals surface area (Å²) in [4.78, 5) is 10.6. The van der Waals surface area contributed by atoms with Crippen LogP contribution in [0.4, 0.5) is 0 Å². The molecule has 0 unspecified atom stereocenters. The predicted octanol–water partition coefficient (Wildman–Crippen LogP) is 2.19. The van der Waals surface area contributed by atoms with Crippen LogP contribution in [-0.4, -0.2) is 31.4 Å². The van der Waals surface area contributed by atoms with Gasteiger partial charge < -0.3 is 14.6 Å². The fourth-order valence-electron chi connectivity index (χ4n) is 1.23. The van der Waals surface area contributed by atoms with Crippen molar-refractivity contribution in [2.75, 3.05) is 20.3 Å². The van der Waals surface area contributed by atoms with Gasteiger partial charge in [-0.2, -0.15) is 0 Å². The summed E-state index contributed by atoms with van der Waals surface area (Å²) in [6.07, 6.45) is 1.89. The zero-order chi connectivity index (χ0) is 11.8. The van der Waals surface area contributed by atoms with Crippen molar-refractivity contribution in [1.29, 1.82) is 0 Å². The number of carbonyl (C=O) groups is 1. The first-order chi connectivity index (χ1) is 7.74. The molecule has 0 spiro atoms. The molecule has 0 radical (unpaired) electrons. The molecule has 4 heteroatoms. The Morgan fingerprint density at radius 1 is 1.19 bits per heavy atom. The molecule has 0 heterocycles. The van der Waals surface area contributed by atoms with Gasteiger partial charge in [0, 0.05) is 13.7 Å². The number of carboxylic acid groups (broad SMARTS) is 1. The molecule has 1 aromatic rings. The van der Waals surface area contributed by atoms with Gasteiger partial charge >= 0.3 is 5.97 Å². The molecule has 0 atom stereocenters. The van der Waals surface area contributed by atoms with Gasteiger partial charge in [-0.1, -0.05) is 0 Å². The molecule has 88 valence electrons. The molecule has 0 saturated carbocycles. The molecule has 16 heavy (non-hydrogen) atoms. The van der Waals surface area contributed by atoms with Crippen LogP contribution in [0.5, 0.6) is 5.75 Å². The summed E-state index contributed by atoms with van der Waals surface area (Å²) in [5, 5.41) is 8.69. The summed E-state index contributed by atoms with van der Waals surface area (Å²) in [7, 11) is 1.67. The normalized spacial score (nSPS) is 10.1. The fourth-order valence-corrected chi connectivity index (χ4v) is 1.23. The second-order valence-electron chi connectivity index (χ2n) is 3.38. The third-order valence-corrected chi connectivity index (χ3v) is 2.11. The molecule has 4 nitrogen and oxygen atoms in total. The van der Waals surface area contributed by atoms with Crippen LogP contribution in [0.1, 0.15) is 23.2 Å². The second kappa shape index (κ2) is 6.85. The zero-order valence-corrected chi connectivity index (χ0v) is 9.31. The average molecular weight is 224 g/mol. The van der Waals surface area contributed by atoms with E-state index < -0.39 is 5.97 Å². The van der Waals surface area contributed by atoms with E-state index in [1.807, 2.05) is 0 Å². The van der Waals surface area contributed by atoms with E-state index in [1.54, 1.807) is 19.2 Å². The van der Waals surface area contributed by atoms with Crippen LogP contribution >= 0.6 is 0 Å². The quantitative estimate of drug-likeness (QED) is 0.721. The first-order valence-electron chi connectivity index (χ1n) is 5.19. The van der Waals surface area contributed by atoms with Crippen molar-refractivity contribution >= 4 is 5.97 Å². The van der Waals surface area contributed by atoms with E-state index in [1.165, 1.54) is 12.1 Å². The van der Waals surface area contributed by atoms with Crippen molar-refractivity contribution in [3.8, 4) is 5.75 Å². The lowest BCUT2D eigenvalue weighted by molar-refractivity contribution is 0.0697. The van der Waals surface area contributed by atoms with Gasteiger partial charge in [0.05, 0.1) is 12.2 Å². The third kappa shape index (κ3) is 4.31. The first-order valence-corrected chi connectivity index (χ1v) is 5.19. The van der Waals surface area contributed by atoms with Gasteiger partial charge in [0.25, 0.3) is 0 Å². The van der Waals surface area contributed by atoms with E-state index in [2.05, 4.69) is 0 Å². The van der Waals surface area contributed by atoms with Gasteiger partial charge in [0.2, 0.25) is 0 Å². The maximum absolute atomic E-state index is 10.6. The van der Waals surface area contributed by atoms with Gasteiger partial charge in [-0.25, -0.2) is 4.79 Å². The van der Waals surface area contributed by atoms with Crippen LogP contribution in [-0.2, 0) is 4.74 Å². The van der Waals surface area contributed by atoms with Crippen LogP contribution < -0.4 is 4.74 Å². The van der Waals surface area contributed by atoms with Gasteiger partial charge in [-0.3, -0.25) is 0 Å². The van der Waals surface area contributed by atoms with E-state index in [9.17, 15) is 4.79 Å². The number of rotatable bonds is 7. The minimum Gasteiger partial charge on any atom is -0.494 e. The Bertz CT molecular complexity index is 318. The van der Waals surface area contributed by atoms with Gasteiger partial charge in [-0.05, 0) is 37.1 Å². The maximum Gasteiger partial charge on any atom is 0.335 e. The zero-order valence-electron chi connectivity index (χ0n) is 9.31. The topological polar surface area (TPSA) is 55.8 Å². The van der Waals surface area contributed by atoms with Crippen molar-refractivity contribution in [2.45, 2.75) is 12.8 Å². The first kappa shape index (κ1) is 12.5. The standard InChI is InChI=1S/C12H16O4/c1-15-8-2-3-9-16-11-6-4-10(5-7-11)12(13)14/h4-7H,2-3,8-9H2,1H3,(H,13,14). The molecule has 1 aromatic carbocycles. The number of aromatic carboxylic acids is 1. The van der Waals surface area contributed by atoms with E-state index in [0.29, 0.717) is 12.4 Å². The summed E-state index contributed by atoms with van der Waals surface area (Å²) < 4.78 is 10.4. The van der Waals surface area contributed by atoms with Gasteiger partial charge in [0.15, 0.2) is 0 Å². The molecule has 0 amide bonds. The van der Waals surface area contributed by atoms with Crippen molar-refractivity contribution in [2.24, 2.45) is 0 Å². The fraction of sp³-hybridized carbons (Fsp3) is 0.417. The molecule has 0 aliphatic rings. The van der Waals surface area contributed by atoms with Crippen LogP contribution in [0.2, 0.25) is 0 Å². The lowest BCUT2D eigenvalue weighted by atomic mass is 10.2. The minimum atomic E-state index is -0.924. The Kier molecular flexibility index (Phi) is 5.36. The third-order valence-electron chi connectivity index (χ3n) is 2.11. The highest BCUT2D eigenvalue weighted by Crippen LogP contribution is 2.12. The number of unbranched alkanes of at least 4 members (excludes halogenated alkanes) is 1. The summed E-state index contributed by atoms with van der Waals surface area (Å²) >= 11 is 0. The number of ether oxygens (including phenoxy) is 2. The number of benzene rings is 1. The second-order valence-corrected chi connectivity index (χ2v) is 3.38. The molecule has 0 saturated heterocycles. The number of hydrogen-bond donors (Lipinski definition) is 1. The van der Waals surface area contributed by atoms with E-state index >= 15 is 0 Å². The highest BCUT2D eigenvalue weighted by Gasteiger charge is 2.01. The number of carboxylic acids is 1. The van der Waals surface area contributed by atoms with Crippen LogP contribution in [0.15, 0.2) is 24.3 Å². The van der Waals surface area contributed by atoms with Crippen LogP contribution in [0.3, 0.4) is 0 Å². The Labute approximate surface area is 94.8 Å². The summed E-state index contributed by atoms with van der Waals surface area (Å²) in [6.45, 7) is 1.36. The molecule has 1 N–H and O–H groups in total. The van der Waals surface area contributed by atoms with Crippen molar-refractivity contribution in [3.63, 3.8) is 0 Å². The molecule has 0 fully saturated rings. The van der Waals surface area contributed by atoms with Crippen molar-refractivity contribution in [3.05, 3.63) is 29.8 Å².